The number of aryl methyl sites for hydroxylation is 1. The third-order valence-corrected chi connectivity index (χ3v) is 5.73. The molecule has 0 bridgehead atoms. The number of hydrogen-bond acceptors (Lipinski definition) is 6. The Hall–Kier alpha value is -4.69. The van der Waals surface area contributed by atoms with Gasteiger partial charge in [-0.2, -0.15) is 0 Å². The summed E-state index contributed by atoms with van der Waals surface area (Å²) in [6.07, 6.45) is 9.09. The maximum Gasteiger partial charge on any atom is 0.256 e. The van der Waals surface area contributed by atoms with E-state index in [1.165, 1.54) is 6.08 Å². The molecular formula is C30H30N6O2. The first kappa shape index (κ1) is 26.4. The van der Waals surface area contributed by atoms with Crippen LogP contribution in [0.5, 0.6) is 0 Å². The first-order chi connectivity index (χ1) is 18.4. The van der Waals surface area contributed by atoms with Crippen molar-refractivity contribution in [2.75, 3.05) is 31.3 Å². The van der Waals surface area contributed by atoms with Crippen LogP contribution in [0.3, 0.4) is 0 Å². The fourth-order valence-electron chi connectivity index (χ4n) is 3.75. The number of likely N-dealkylation sites (N-methyl/N-ethyl adjacent to an activating group) is 1. The first-order valence-electron chi connectivity index (χ1n) is 12.2. The number of amides is 2. The van der Waals surface area contributed by atoms with Crippen molar-refractivity contribution in [3.63, 3.8) is 0 Å². The number of aromatic nitrogens is 3. The molecule has 0 saturated carbocycles. The van der Waals surface area contributed by atoms with Crippen LogP contribution in [0.4, 0.5) is 11.4 Å². The normalized spacial score (nSPS) is 11.1. The van der Waals surface area contributed by atoms with Crippen molar-refractivity contribution in [1.82, 2.24) is 19.9 Å². The molecule has 0 atom stereocenters. The topological polar surface area (TPSA) is 100 Å². The van der Waals surface area contributed by atoms with Crippen molar-refractivity contribution in [3.05, 3.63) is 114 Å². The number of benzene rings is 2. The second-order valence-corrected chi connectivity index (χ2v) is 9.11. The van der Waals surface area contributed by atoms with Gasteiger partial charge in [0.05, 0.1) is 5.69 Å². The van der Waals surface area contributed by atoms with Gasteiger partial charge in [-0.15, -0.1) is 0 Å². The average molecular weight is 507 g/mol. The summed E-state index contributed by atoms with van der Waals surface area (Å²) in [5, 5.41) is 5.75. The van der Waals surface area contributed by atoms with E-state index in [1.54, 1.807) is 36.8 Å². The minimum absolute atomic E-state index is 0.243. The Morgan fingerprint density at radius 2 is 1.74 bits per heavy atom. The number of carbonyl (C=O) groups is 2. The van der Waals surface area contributed by atoms with E-state index in [0.29, 0.717) is 35.7 Å². The van der Waals surface area contributed by atoms with Gasteiger partial charge in [-0.05, 0) is 74.6 Å². The third kappa shape index (κ3) is 7.41. The molecule has 0 spiro atoms. The van der Waals surface area contributed by atoms with Gasteiger partial charge in [0, 0.05) is 60.1 Å². The summed E-state index contributed by atoms with van der Waals surface area (Å²) >= 11 is 0. The van der Waals surface area contributed by atoms with Crippen molar-refractivity contribution in [2.45, 2.75) is 13.3 Å². The van der Waals surface area contributed by atoms with Gasteiger partial charge in [0.1, 0.15) is 5.82 Å². The molecule has 8 heteroatoms. The molecule has 0 aliphatic carbocycles. The van der Waals surface area contributed by atoms with Crippen LogP contribution in [0, 0.1) is 6.92 Å². The summed E-state index contributed by atoms with van der Waals surface area (Å²) in [6.45, 7) is 2.53. The van der Waals surface area contributed by atoms with E-state index < -0.39 is 0 Å². The second kappa shape index (κ2) is 12.5. The van der Waals surface area contributed by atoms with Crippen molar-refractivity contribution < 1.29 is 9.59 Å². The van der Waals surface area contributed by atoms with Gasteiger partial charge in [0.25, 0.3) is 5.91 Å². The van der Waals surface area contributed by atoms with Gasteiger partial charge in [0.15, 0.2) is 0 Å². The number of nitrogens with zero attached hydrogens (tertiary/aromatic N) is 4. The standard InChI is InChI=1S/C30H30N6O2/c1-21-8-11-25(33-29(37)7-5-17-36(2)3)19-26(21)30(38)34-24-12-9-22(10-13-24)18-28-32-16-14-27(35-28)23-6-4-15-31-20-23/h4-16,19-20H,17-18H2,1-3H3,(H,33,37)(H,34,38)/b7-5+. The minimum atomic E-state index is -0.248. The molecule has 0 aliphatic heterocycles. The molecule has 0 saturated heterocycles. The highest BCUT2D eigenvalue weighted by molar-refractivity contribution is 6.07. The second-order valence-electron chi connectivity index (χ2n) is 9.11. The molecule has 2 heterocycles. The Morgan fingerprint density at radius 1 is 0.947 bits per heavy atom. The van der Waals surface area contributed by atoms with Crippen molar-refractivity contribution in [3.8, 4) is 11.3 Å². The molecular weight excluding hydrogens is 476 g/mol. The molecule has 4 aromatic rings. The summed E-state index contributed by atoms with van der Waals surface area (Å²) in [4.78, 5) is 40.3. The predicted molar refractivity (Wildman–Crippen MR) is 150 cm³/mol. The molecule has 0 radical (unpaired) electrons. The van der Waals surface area contributed by atoms with Gasteiger partial charge in [0.2, 0.25) is 5.91 Å². The fraction of sp³-hybridized carbons (Fsp3) is 0.167. The van der Waals surface area contributed by atoms with E-state index in [-0.39, 0.29) is 11.8 Å². The summed E-state index contributed by atoms with van der Waals surface area (Å²) in [7, 11) is 3.86. The maximum atomic E-state index is 13.0. The molecule has 38 heavy (non-hydrogen) atoms. The first-order valence-corrected chi connectivity index (χ1v) is 12.2. The molecule has 2 amide bonds. The van der Waals surface area contributed by atoms with E-state index in [9.17, 15) is 9.59 Å². The predicted octanol–water partition coefficient (Wildman–Crippen LogP) is 4.75. The molecule has 4 rings (SSSR count). The molecule has 0 unspecified atom stereocenters. The monoisotopic (exact) mass is 506 g/mol. The number of pyridine rings is 1. The zero-order chi connectivity index (χ0) is 26.9. The van der Waals surface area contributed by atoms with Crippen molar-refractivity contribution in [2.24, 2.45) is 0 Å². The van der Waals surface area contributed by atoms with E-state index >= 15 is 0 Å². The highest BCUT2D eigenvalue weighted by Gasteiger charge is 2.12. The highest BCUT2D eigenvalue weighted by Crippen LogP contribution is 2.19. The van der Waals surface area contributed by atoms with Gasteiger partial charge in [-0.3, -0.25) is 14.6 Å². The van der Waals surface area contributed by atoms with Gasteiger partial charge in [-0.25, -0.2) is 9.97 Å². The molecule has 0 fully saturated rings. The van der Waals surface area contributed by atoms with Crippen LogP contribution in [0.15, 0.2) is 91.4 Å². The number of carbonyl (C=O) groups excluding carboxylic acids is 2. The van der Waals surface area contributed by atoms with Crippen molar-refractivity contribution >= 4 is 23.2 Å². The Morgan fingerprint density at radius 3 is 2.47 bits per heavy atom. The van der Waals surface area contributed by atoms with Crippen LogP contribution in [0.25, 0.3) is 11.3 Å². The minimum Gasteiger partial charge on any atom is -0.322 e. The number of hydrogen-bond donors (Lipinski definition) is 2. The van der Waals surface area contributed by atoms with Crippen LogP contribution in [-0.4, -0.2) is 52.3 Å². The lowest BCUT2D eigenvalue weighted by molar-refractivity contribution is -0.111. The third-order valence-electron chi connectivity index (χ3n) is 5.73. The average Bonchev–Trinajstić information content (AvgIpc) is 2.91. The molecule has 2 N–H and O–H groups in total. The van der Waals surface area contributed by atoms with Gasteiger partial charge < -0.3 is 15.5 Å². The molecule has 2 aromatic carbocycles. The number of anilines is 2. The van der Waals surface area contributed by atoms with E-state index in [1.807, 2.05) is 74.4 Å². The van der Waals surface area contributed by atoms with Crippen LogP contribution < -0.4 is 10.6 Å². The maximum absolute atomic E-state index is 13.0. The zero-order valence-electron chi connectivity index (χ0n) is 21.7. The quantitative estimate of drug-likeness (QED) is 0.318. The number of nitrogens with one attached hydrogen (secondary N) is 2. The Bertz CT molecular complexity index is 1430. The summed E-state index contributed by atoms with van der Waals surface area (Å²) in [6, 6.07) is 18.6. The summed E-state index contributed by atoms with van der Waals surface area (Å²) in [5.74, 6) is 0.212. The Labute approximate surface area is 222 Å². The Balaban J connectivity index is 1.39. The van der Waals surface area contributed by atoms with Crippen LogP contribution in [0.2, 0.25) is 0 Å². The lowest BCUT2D eigenvalue weighted by Crippen LogP contribution is -2.15. The van der Waals surface area contributed by atoms with Gasteiger partial charge >= 0.3 is 0 Å². The molecule has 8 nitrogen and oxygen atoms in total. The van der Waals surface area contributed by atoms with E-state index in [4.69, 9.17) is 0 Å². The lowest BCUT2D eigenvalue weighted by atomic mass is 10.1. The SMILES string of the molecule is Cc1ccc(NC(=O)/C=C/CN(C)C)cc1C(=O)Nc1ccc(Cc2nccc(-c3cccnc3)n2)cc1. The lowest BCUT2D eigenvalue weighted by Gasteiger charge is -2.11. The van der Waals surface area contributed by atoms with Gasteiger partial charge in [-0.1, -0.05) is 24.3 Å². The van der Waals surface area contributed by atoms with Crippen molar-refractivity contribution in [1.29, 1.82) is 0 Å². The van der Waals surface area contributed by atoms with Crippen LogP contribution in [0.1, 0.15) is 27.3 Å². The zero-order valence-corrected chi connectivity index (χ0v) is 21.7. The summed E-state index contributed by atoms with van der Waals surface area (Å²) < 4.78 is 0. The molecule has 192 valence electrons. The molecule has 2 aromatic heterocycles. The fourth-order valence-corrected chi connectivity index (χ4v) is 3.75. The summed E-state index contributed by atoms with van der Waals surface area (Å²) in [5.41, 5.74) is 5.32. The van der Waals surface area contributed by atoms with E-state index in [2.05, 4.69) is 25.6 Å². The van der Waals surface area contributed by atoms with E-state index in [0.717, 1.165) is 22.4 Å². The van der Waals surface area contributed by atoms with Crippen LogP contribution in [-0.2, 0) is 11.2 Å². The smallest absolute Gasteiger partial charge is 0.256 e. The van der Waals surface area contributed by atoms with Crippen LogP contribution >= 0.6 is 0 Å². The highest BCUT2D eigenvalue weighted by atomic mass is 16.2. The number of rotatable bonds is 9. The Kier molecular flexibility index (Phi) is 8.69. The largest absolute Gasteiger partial charge is 0.322 e. The molecule has 0 aliphatic rings.